The Balaban J connectivity index is 1.87. The van der Waals surface area contributed by atoms with Crippen molar-refractivity contribution in [1.82, 2.24) is 10.6 Å². The molecular weight excluding hydrogens is 314 g/mol. The van der Waals surface area contributed by atoms with Crippen molar-refractivity contribution in [3.05, 3.63) is 29.8 Å². The molecule has 1 heterocycles. The van der Waals surface area contributed by atoms with Gasteiger partial charge in [-0.3, -0.25) is 4.99 Å². The zero-order chi connectivity index (χ0) is 16.7. The molecule has 0 spiro atoms. The minimum absolute atomic E-state index is 0.0428. The first-order valence-corrected chi connectivity index (χ1v) is 9.73. The summed E-state index contributed by atoms with van der Waals surface area (Å²) in [6, 6.07) is 7.88. The van der Waals surface area contributed by atoms with E-state index >= 15 is 0 Å². The highest BCUT2D eigenvalue weighted by Crippen LogP contribution is 2.12. The zero-order valence-corrected chi connectivity index (χ0v) is 14.5. The lowest BCUT2D eigenvalue weighted by molar-refractivity contribution is 0.414. The molecule has 128 valence electrons. The van der Waals surface area contributed by atoms with E-state index in [1.165, 1.54) is 5.56 Å². The summed E-state index contributed by atoms with van der Waals surface area (Å²) in [6.45, 7) is 3.38. The highest BCUT2D eigenvalue weighted by Gasteiger charge is 2.28. The monoisotopic (exact) mass is 339 g/mol. The maximum Gasteiger partial charge on any atom is 0.191 e. The highest BCUT2D eigenvalue weighted by molar-refractivity contribution is 7.91. The third-order valence-corrected chi connectivity index (χ3v) is 5.51. The Morgan fingerprint density at radius 2 is 2.09 bits per heavy atom. The molecule has 2 N–H and O–H groups in total. The number of hydrogen-bond acceptors (Lipinski definition) is 4. The Hall–Kier alpha value is -1.76. The van der Waals surface area contributed by atoms with Crippen molar-refractivity contribution in [3.8, 4) is 5.75 Å². The van der Waals surface area contributed by atoms with Crippen molar-refractivity contribution in [2.24, 2.45) is 4.99 Å². The fourth-order valence-electron chi connectivity index (χ4n) is 2.51. The molecular formula is C16H25N3O3S. The molecule has 0 bridgehead atoms. The Morgan fingerprint density at radius 1 is 1.35 bits per heavy atom. The lowest BCUT2D eigenvalue weighted by atomic mass is 10.1. The molecule has 0 aliphatic carbocycles. The van der Waals surface area contributed by atoms with E-state index in [2.05, 4.69) is 15.6 Å². The average molecular weight is 339 g/mol. The SMILES string of the molecule is CCNC(=NCCc1ccc(OC)cc1)NC1CCS(=O)(=O)C1. The summed E-state index contributed by atoms with van der Waals surface area (Å²) in [4.78, 5) is 4.53. The second-order valence-electron chi connectivity index (χ2n) is 5.60. The second-order valence-corrected chi connectivity index (χ2v) is 7.83. The zero-order valence-electron chi connectivity index (χ0n) is 13.7. The first-order chi connectivity index (χ1) is 11.0. The Bertz CT molecular complexity index is 626. The number of methoxy groups -OCH3 is 1. The molecule has 23 heavy (non-hydrogen) atoms. The number of hydrogen-bond donors (Lipinski definition) is 2. The van der Waals surface area contributed by atoms with Crippen LogP contribution in [0.15, 0.2) is 29.3 Å². The molecule has 1 aliphatic rings. The van der Waals surface area contributed by atoms with E-state index < -0.39 is 9.84 Å². The van der Waals surface area contributed by atoms with Crippen LogP contribution in [0.1, 0.15) is 18.9 Å². The number of rotatable bonds is 6. The molecule has 1 fully saturated rings. The van der Waals surface area contributed by atoms with E-state index in [4.69, 9.17) is 4.74 Å². The molecule has 1 aliphatic heterocycles. The van der Waals surface area contributed by atoms with Gasteiger partial charge in [0, 0.05) is 19.1 Å². The second kappa shape index (κ2) is 8.19. The number of ether oxygens (including phenoxy) is 1. The topological polar surface area (TPSA) is 79.8 Å². The van der Waals surface area contributed by atoms with Gasteiger partial charge in [0.1, 0.15) is 5.75 Å². The van der Waals surface area contributed by atoms with Crippen LogP contribution < -0.4 is 15.4 Å². The van der Waals surface area contributed by atoms with Crippen LogP contribution in [0.4, 0.5) is 0 Å². The van der Waals surface area contributed by atoms with Gasteiger partial charge >= 0.3 is 0 Å². The molecule has 1 atom stereocenters. The molecule has 1 aromatic rings. The minimum atomic E-state index is -2.88. The Labute approximate surface area is 138 Å². The molecule has 1 unspecified atom stereocenters. The maximum absolute atomic E-state index is 11.5. The lowest BCUT2D eigenvalue weighted by Gasteiger charge is -2.15. The molecule has 2 rings (SSSR count). The third-order valence-electron chi connectivity index (χ3n) is 3.75. The van der Waals surface area contributed by atoms with Gasteiger partial charge in [-0.1, -0.05) is 12.1 Å². The molecule has 0 aromatic heterocycles. The lowest BCUT2D eigenvalue weighted by Crippen LogP contribution is -2.44. The summed E-state index contributed by atoms with van der Waals surface area (Å²) in [5, 5.41) is 6.38. The van der Waals surface area contributed by atoms with Gasteiger partial charge in [0.2, 0.25) is 0 Å². The molecule has 7 heteroatoms. The van der Waals surface area contributed by atoms with Gasteiger partial charge in [-0.25, -0.2) is 8.42 Å². The number of aliphatic imine (C=N–C) groups is 1. The fourth-order valence-corrected chi connectivity index (χ4v) is 4.18. The summed E-state index contributed by atoms with van der Waals surface area (Å²) in [5.41, 5.74) is 1.19. The van der Waals surface area contributed by atoms with Crippen molar-refractivity contribution in [2.45, 2.75) is 25.8 Å². The fraction of sp³-hybridized carbons (Fsp3) is 0.562. The van der Waals surface area contributed by atoms with Crippen molar-refractivity contribution < 1.29 is 13.2 Å². The standard InChI is InChI=1S/C16H25N3O3S/c1-3-17-16(19-14-9-11-23(20,21)12-14)18-10-8-13-4-6-15(22-2)7-5-13/h4-7,14H,3,8-12H2,1-2H3,(H2,17,18,19). The largest absolute Gasteiger partial charge is 0.497 e. The van der Waals surface area contributed by atoms with Crippen LogP contribution in [0.5, 0.6) is 5.75 Å². The van der Waals surface area contributed by atoms with E-state index in [-0.39, 0.29) is 17.5 Å². The third kappa shape index (κ3) is 5.74. The summed E-state index contributed by atoms with van der Waals surface area (Å²) >= 11 is 0. The molecule has 0 radical (unpaired) electrons. The molecule has 1 aromatic carbocycles. The van der Waals surface area contributed by atoms with Crippen molar-refractivity contribution in [2.75, 3.05) is 31.7 Å². The van der Waals surface area contributed by atoms with Gasteiger partial charge in [0.05, 0.1) is 18.6 Å². The van der Waals surface area contributed by atoms with Crippen molar-refractivity contribution >= 4 is 15.8 Å². The van der Waals surface area contributed by atoms with Gasteiger partial charge in [-0.2, -0.15) is 0 Å². The number of benzene rings is 1. The quantitative estimate of drug-likeness (QED) is 0.597. The molecule has 0 saturated carbocycles. The number of nitrogens with zero attached hydrogens (tertiary/aromatic N) is 1. The van der Waals surface area contributed by atoms with Crippen molar-refractivity contribution in [3.63, 3.8) is 0 Å². The Morgan fingerprint density at radius 3 is 2.65 bits per heavy atom. The van der Waals surface area contributed by atoms with Crippen LogP contribution >= 0.6 is 0 Å². The first kappa shape index (κ1) is 17.6. The molecule has 6 nitrogen and oxygen atoms in total. The van der Waals surface area contributed by atoms with Gasteiger partial charge in [-0.05, 0) is 37.5 Å². The van der Waals surface area contributed by atoms with Gasteiger partial charge in [0.15, 0.2) is 15.8 Å². The molecule has 0 amide bonds. The van der Waals surface area contributed by atoms with Crippen LogP contribution in [0.3, 0.4) is 0 Å². The van der Waals surface area contributed by atoms with Gasteiger partial charge in [0.25, 0.3) is 0 Å². The molecule has 1 saturated heterocycles. The average Bonchev–Trinajstić information content (AvgIpc) is 2.87. The number of nitrogens with one attached hydrogen (secondary N) is 2. The summed E-state index contributed by atoms with van der Waals surface area (Å²) < 4.78 is 28.2. The van der Waals surface area contributed by atoms with Crippen LogP contribution in [0.2, 0.25) is 0 Å². The maximum atomic E-state index is 11.5. The first-order valence-electron chi connectivity index (χ1n) is 7.90. The van der Waals surface area contributed by atoms with Gasteiger partial charge < -0.3 is 15.4 Å². The smallest absolute Gasteiger partial charge is 0.191 e. The summed E-state index contributed by atoms with van der Waals surface area (Å²) in [6.07, 6.45) is 1.47. The van der Waals surface area contributed by atoms with E-state index in [0.29, 0.717) is 18.9 Å². The highest BCUT2D eigenvalue weighted by atomic mass is 32.2. The normalized spacial score (nSPS) is 20.3. The minimum Gasteiger partial charge on any atom is -0.497 e. The van der Waals surface area contributed by atoms with E-state index in [1.807, 2.05) is 31.2 Å². The van der Waals surface area contributed by atoms with E-state index in [0.717, 1.165) is 18.7 Å². The van der Waals surface area contributed by atoms with Gasteiger partial charge in [-0.15, -0.1) is 0 Å². The number of guanidine groups is 1. The summed E-state index contributed by atoms with van der Waals surface area (Å²) in [7, 11) is -1.23. The van der Waals surface area contributed by atoms with Crippen molar-refractivity contribution in [1.29, 1.82) is 0 Å². The predicted octanol–water partition coefficient (Wildman–Crippen LogP) is 0.980. The van der Waals surface area contributed by atoms with E-state index in [9.17, 15) is 8.42 Å². The van der Waals surface area contributed by atoms with Crippen LogP contribution in [0, 0.1) is 0 Å². The van der Waals surface area contributed by atoms with Crippen LogP contribution in [-0.4, -0.2) is 52.1 Å². The summed E-state index contributed by atoms with van der Waals surface area (Å²) in [5.74, 6) is 1.98. The van der Waals surface area contributed by atoms with Crippen LogP contribution in [-0.2, 0) is 16.3 Å². The van der Waals surface area contributed by atoms with E-state index in [1.54, 1.807) is 7.11 Å². The number of sulfone groups is 1. The van der Waals surface area contributed by atoms with Crippen LogP contribution in [0.25, 0.3) is 0 Å². The predicted molar refractivity (Wildman–Crippen MR) is 92.9 cm³/mol. The Kier molecular flexibility index (Phi) is 6.27.